The van der Waals surface area contributed by atoms with Crippen molar-refractivity contribution in [3.63, 3.8) is 0 Å². The maximum atomic E-state index is 12.5. The van der Waals surface area contributed by atoms with E-state index in [1.165, 1.54) is 32.1 Å². The molecule has 0 N–H and O–H groups in total. The zero-order valence-corrected chi connectivity index (χ0v) is 11.6. The third-order valence-corrected chi connectivity index (χ3v) is 4.40. The topological polar surface area (TPSA) is 22.0 Å². The number of hydrogen-bond donors (Lipinski definition) is 0. The van der Waals surface area contributed by atoms with Crippen LogP contribution in [0.15, 0.2) is 30.5 Å². The maximum Gasteiger partial charge on any atom is 0.165 e. The Morgan fingerprint density at radius 2 is 1.95 bits per heavy atom. The first-order valence-electron chi connectivity index (χ1n) is 7.33. The molecule has 19 heavy (non-hydrogen) atoms. The number of hydrogen-bond acceptors (Lipinski definition) is 1. The zero-order valence-electron chi connectivity index (χ0n) is 11.6. The third-order valence-electron chi connectivity index (χ3n) is 4.40. The van der Waals surface area contributed by atoms with Crippen LogP contribution in [0, 0.1) is 5.92 Å². The number of para-hydroxylation sites is 1. The average molecular weight is 255 g/mol. The fourth-order valence-electron chi connectivity index (χ4n) is 3.33. The average Bonchev–Trinajstić information content (AvgIpc) is 2.78. The monoisotopic (exact) mass is 255 g/mol. The lowest BCUT2D eigenvalue weighted by molar-refractivity contribution is 0.0951. The lowest BCUT2D eigenvalue weighted by atomic mass is 9.85. The van der Waals surface area contributed by atoms with Gasteiger partial charge in [0.25, 0.3) is 0 Å². The van der Waals surface area contributed by atoms with Gasteiger partial charge in [-0.1, -0.05) is 50.3 Å². The molecule has 3 rings (SSSR count). The quantitative estimate of drug-likeness (QED) is 0.748. The van der Waals surface area contributed by atoms with E-state index in [-0.39, 0.29) is 0 Å². The Labute approximate surface area is 114 Å². The molecule has 0 atom stereocenters. The Kier molecular flexibility index (Phi) is 3.41. The summed E-state index contributed by atoms with van der Waals surface area (Å²) >= 11 is 0. The SMILES string of the molecule is Cn1cc(C(=O)CC2CCCCC2)c2ccccc21. The van der Waals surface area contributed by atoms with Crippen LogP contribution in [0.25, 0.3) is 10.9 Å². The number of aryl methyl sites for hydroxylation is 1. The standard InChI is InChI=1S/C17H21NO/c1-18-12-15(14-9-5-6-10-16(14)18)17(19)11-13-7-3-2-4-8-13/h5-6,9-10,12-13H,2-4,7-8,11H2,1H3. The van der Waals surface area contributed by atoms with Crippen molar-refractivity contribution in [2.24, 2.45) is 13.0 Å². The molecule has 0 radical (unpaired) electrons. The first-order chi connectivity index (χ1) is 9.25. The molecular formula is C17H21NO. The van der Waals surface area contributed by atoms with Gasteiger partial charge >= 0.3 is 0 Å². The Morgan fingerprint density at radius 3 is 2.74 bits per heavy atom. The van der Waals surface area contributed by atoms with Gasteiger partial charge in [0.1, 0.15) is 0 Å². The third kappa shape index (κ3) is 2.44. The fraction of sp³-hybridized carbons (Fsp3) is 0.471. The summed E-state index contributed by atoms with van der Waals surface area (Å²) in [6, 6.07) is 8.17. The molecule has 100 valence electrons. The van der Waals surface area contributed by atoms with Crippen molar-refractivity contribution in [3.8, 4) is 0 Å². The van der Waals surface area contributed by atoms with Crippen LogP contribution in [0.1, 0.15) is 48.9 Å². The van der Waals surface area contributed by atoms with E-state index in [2.05, 4.69) is 16.7 Å². The molecule has 1 aromatic carbocycles. The summed E-state index contributed by atoms with van der Waals surface area (Å²) < 4.78 is 2.06. The molecule has 1 aliphatic carbocycles. The van der Waals surface area contributed by atoms with Crippen LogP contribution in [0.4, 0.5) is 0 Å². The van der Waals surface area contributed by atoms with Crippen molar-refractivity contribution in [2.75, 3.05) is 0 Å². The van der Waals surface area contributed by atoms with Crippen LogP contribution in [0.5, 0.6) is 0 Å². The summed E-state index contributed by atoms with van der Waals surface area (Å²) in [6.45, 7) is 0. The number of nitrogens with zero attached hydrogens (tertiary/aromatic N) is 1. The molecule has 1 aromatic heterocycles. The van der Waals surface area contributed by atoms with Crippen molar-refractivity contribution in [1.29, 1.82) is 0 Å². The van der Waals surface area contributed by atoms with Gasteiger partial charge in [-0.3, -0.25) is 4.79 Å². The number of benzene rings is 1. The predicted octanol–water partition coefficient (Wildman–Crippen LogP) is 4.33. The van der Waals surface area contributed by atoms with Gasteiger partial charge in [0, 0.05) is 36.1 Å². The second-order valence-corrected chi connectivity index (χ2v) is 5.80. The Balaban J connectivity index is 1.85. The molecule has 2 heteroatoms. The molecular weight excluding hydrogens is 234 g/mol. The van der Waals surface area contributed by atoms with Gasteiger partial charge in [0.15, 0.2) is 5.78 Å². The number of ketones is 1. The van der Waals surface area contributed by atoms with Crippen LogP contribution < -0.4 is 0 Å². The summed E-state index contributed by atoms with van der Waals surface area (Å²) in [4.78, 5) is 12.5. The summed E-state index contributed by atoms with van der Waals surface area (Å²) in [7, 11) is 2.01. The summed E-state index contributed by atoms with van der Waals surface area (Å²) in [5.74, 6) is 0.934. The molecule has 0 amide bonds. The highest BCUT2D eigenvalue weighted by molar-refractivity contribution is 6.08. The van der Waals surface area contributed by atoms with E-state index >= 15 is 0 Å². The highest BCUT2D eigenvalue weighted by Gasteiger charge is 2.20. The number of carbonyl (C=O) groups excluding carboxylic acids is 1. The van der Waals surface area contributed by atoms with Gasteiger partial charge in [-0.25, -0.2) is 0 Å². The molecule has 2 aromatic rings. The van der Waals surface area contributed by atoms with E-state index in [0.29, 0.717) is 11.7 Å². The number of carbonyl (C=O) groups is 1. The van der Waals surface area contributed by atoms with Crippen LogP contribution in [0.2, 0.25) is 0 Å². The van der Waals surface area contributed by atoms with Crippen molar-refractivity contribution < 1.29 is 4.79 Å². The predicted molar refractivity (Wildman–Crippen MR) is 78.4 cm³/mol. The number of Topliss-reactive ketones (excluding diaryl/α,β-unsaturated/α-hetero) is 1. The van der Waals surface area contributed by atoms with Gasteiger partial charge in [0.2, 0.25) is 0 Å². The van der Waals surface area contributed by atoms with Gasteiger partial charge in [-0.2, -0.15) is 0 Å². The molecule has 1 aliphatic rings. The minimum Gasteiger partial charge on any atom is -0.350 e. The molecule has 1 heterocycles. The Morgan fingerprint density at radius 1 is 1.21 bits per heavy atom. The summed E-state index contributed by atoms with van der Waals surface area (Å²) in [5.41, 5.74) is 2.05. The van der Waals surface area contributed by atoms with Crippen LogP contribution in [-0.2, 0) is 7.05 Å². The maximum absolute atomic E-state index is 12.5. The van der Waals surface area contributed by atoms with E-state index in [0.717, 1.165) is 22.9 Å². The van der Waals surface area contributed by atoms with Gasteiger partial charge in [-0.05, 0) is 12.0 Å². The minimum atomic E-state index is 0.323. The first-order valence-corrected chi connectivity index (χ1v) is 7.33. The Bertz CT molecular complexity index is 590. The molecule has 0 bridgehead atoms. The zero-order chi connectivity index (χ0) is 13.2. The van der Waals surface area contributed by atoms with Crippen molar-refractivity contribution in [3.05, 3.63) is 36.0 Å². The molecule has 0 unspecified atom stereocenters. The van der Waals surface area contributed by atoms with Gasteiger partial charge < -0.3 is 4.57 Å². The van der Waals surface area contributed by atoms with E-state index < -0.39 is 0 Å². The first kappa shape index (κ1) is 12.5. The van der Waals surface area contributed by atoms with Crippen molar-refractivity contribution >= 4 is 16.7 Å². The van der Waals surface area contributed by atoms with E-state index in [1.807, 2.05) is 25.4 Å². The number of fused-ring (bicyclic) bond motifs is 1. The highest BCUT2D eigenvalue weighted by atomic mass is 16.1. The second-order valence-electron chi connectivity index (χ2n) is 5.80. The van der Waals surface area contributed by atoms with E-state index in [4.69, 9.17) is 0 Å². The van der Waals surface area contributed by atoms with E-state index in [9.17, 15) is 4.79 Å². The lowest BCUT2D eigenvalue weighted by Crippen LogP contribution is -2.12. The minimum absolute atomic E-state index is 0.323. The molecule has 0 spiro atoms. The van der Waals surface area contributed by atoms with Crippen molar-refractivity contribution in [1.82, 2.24) is 4.57 Å². The highest BCUT2D eigenvalue weighted by Crippen LogP contribution is 2.29. The summed E-state index contributed by atoms with van der Waals surface area (Å²) in [5, 5.41) is 1.10. The fourth-order valence-corrected chi connectivity index (χ4v) is 3.33. The van der Waals surface area contributed by atoms with Crippen LogP contribution in [0.3, 0.4) is 0 Å². The molecule has 1 fully saturated rings. The summed E-state index contributed by atoms with van der Waals surface area (Å²) in [6.07, 6.45) is 9.14. The Hall–Kier alpha value is -1.57. The van der Waals surface area contributed by atoms with Crippen molar-refractivity contribution in [2.45, 2.75) is 38.5 Å². The van der Waals surface area contributed by atoms with Crippen LogP contribution >= 0.6 is 0 Å². The lowest BCUT2D eigenvalue weighted by Gasteiger charge is -2.20. The normalized spacial score (nSPS) is 16.9. The van der Waals surface area contributed by atoms with E-state index in [1.54, 1.807) is 0 Å². The number of rotatable bonds is 3. The molecule has 1 saturated carbocycles. The second kappa shape index (κ2) is 5.20. The molecule has 0 saturated heterocycles. The van der Waals surface area contributed by atoms with Gasteiger partial charge in [0.05, 0.1) is 0 Å². The molecule has 0 aliphatic heterocycles. The van der Waals surface area contributed by atoms with Gasteiger partial charge in [-0.15, -0.1) is 0 Å². The van der Waals surface area contributed by atoms with Crippen LogP contribution in [-0.4, -0.2) is 10.4 Å². The molecule has 2 nitrogen and oxygen atoms in total. The smallest absolute Gasteiger partial charge is 0.165 e. The number of aromatic nitrogens is 1. The largest absolute Gasteiger partial charge is 0.350 e.